The van der Waals surface area contributed by atoms with E-state index in [-0.39, 0.29) is 17.6 Å². The Balaban J connectivity index is 2.47. The van der Waals surface area contributed by atoms with E-state index in [1.807, 2.05) is 0 Å². The van der Waals surface area contributed by atoms with Crippen molar-refractivity contribution >= 4 is 17.5 Å². The maximum atomic E-state index is 12.9. The van der Waals surface area contributed by atoms with Gasteiger partial charge < -0.3 is 0 Å². The van der Waals surface area contributed by atoms with Crippen LogP contribution in [0.4, 0.5) is 10.1 Å². The minimum absolute atomic E-state index is 0.347. The summed E-state index contributed by atoms with van der Waals surface area (Å²) in [6.07, 6.45) is 1.28. The fraction of sp³-hybridized carbons (Fsp3) is 0.167. The minimum atomic E-state index is -0.384. The largest absolute Gasteiger partial charge is 0.269 e. The van der Waals surface area contributed by atoms with Gasteiger partial charge in [-0.25, -0.2) is 9.29 Å². The molecule has 2 amide bonds. The Morgan fingerprint density at radius 1 is 1.19 bits per heavy atom. The highest BCUT2D eigenvalue weighted by Crippen LogP contribution is 2.26. The van der Waals surface area contributed by atoms with E-state index >= 15 is 0 Å². The van der Waals surface area contributed by atoms with Gasteiger partial charge in [0, 0.05) is 11.6 Å². The predicted octanol–water partition coefficient (Wildman–Crippen LogP) is 1.95. The van der Waals surface area contributed by atoms with Crippen LogP contribution in [0.15, 0.2) is 29.8 Å². The third-order valence-electron chi connectivity index (χ3n) is 2.50. The third kappa shape index (κ3) is 1.52. The first-order valence-corrected chi connectivity index (χ1v) is 4.83. The average Bonchev–Trinajstić information content (AvgIpc) is 2.43. The van der Waals surface area contributed by atoms with Crippen molar-refractivity contribution in [2.45, 2.75) is 13.8 Å². The van der Waals surface area contributed by atoms with E-state index in [0.29, 0.717) is 16.8 Å². The molecule has 0 unspecified atom stereocenters. The second-order valence-electron chi connectivity index (χ2n) is 3.74. The number of anilines is 1. The molecule has 1 aromatic carbocycles. The Kier molecular flexibility index (Phi) is 2.34. The van der Waals surface area contributed by atoms with Crippen molar-refractivity contribution < 1.29 is 14.0 Å². The number of carbonyl (C=O) groups excluding carboxylic acids is 2. The minimum Gasteiger partial charge on any atom is -0.269 e. The molecule has 4 heteroatoms. The van der Waals surface area contributed by atoms with Crippen molar-refractivity contribution in [2.75, 3.05) is 4.90 Å². The molecule has 2 rings (SSSR count). The number of halogens is 1. The second-order valence-corrected chi connectivity index (χ2v) is 3.74. The van der Waals surface area contributed by atoms with Crippen molar-refractivity contribution in [1.82, 2.24) is 0 Å². The van der Waals surface area contributed by atoms with Crippen LogP contribution in [0.2, 0.25) is 0 Å². The molecular formula is C12H10FNO2. The van der Waals surface area contributed by atoms with Crippen LogP contribution >= 0.6 is 0 Å². The summed E-state index contributed by atoms with van der Waals surface area (Å²) >= 11 is 0. The number of benzene rings is 1. The number of carbonyl (C=O) groups is 2. The molecule has 0 saturated carbocycles. The Labute approximate surface area is 92.2 Å². The fourth-order valence-electron chi connectivity index (χ4n) is 1.69. The quantitative estimate of drug-likeness (QED) is 0.677. The molecule has 1 aliphatic heterocycles. The van der Waals surface area contributed by atoms with Gasteiger partial charge in [-0.15, -0.1) is 0 Å². The summed E-state index contributed by atoms with van der Waals surface area (Å²) < 4.78 is 12.9. The van der Waals surface area contributed by atoms with Gasteiger partial charge in [-0.1, -0.05) is 0 Å². The van der Waals surface area contributed by atoms with Gasteiger partial charge in [0.15, 0.2) is 0 Å². The number of nitrogens with zero attached hydrogens (tertiary/aromatic N) is 1. The molecule has 0 fully saturated rings. The highest BCUT2D eigenvalue weighted by atomic mass is 19.1. The van der Waals surface area contributed by atoms with Gasteiger partial charge in [-0.05, 0) is 37.6 Å². The van der Waals surface area contributed by atoms with E-state index < -0.39 is 0 Å². The molecule has 0 bridgehead atoms. The molecule has 16 heavy (non-hydrogen) atoms. The lowest BCUT2D eigenvalue weighted by Gasteiger charge is -2.16. The van der Waals surface area contributed by atoms with E-state index in [1.165, 1.54) is 24.3 Å². The number of aryl methyl sites for hydroxylation is 1. The van der Waals surface area contributed by atoms with Gasteiger partial charge >= 0.3 is 0 Å². The normalized spacial score (nSPS) is 15.7. The summed E-state index contributed by atoms with van der Waals surface area (Å²) in [6.45, 7) is 3.24. The Morgan fingerprint density at radius 3 is 2.38 bits per heavy atom. The van der Waals surface area contributed by atoms with E-state index in [0.717, 1.165) is 4.90 Å². The lowest BCUT2D eigenvalue weighted by molar-refractivity contribution is -0.120. The van der Waals surface area contributed by atoms with Crippen LogP contribution in [-0.2, 0) is 9.59 Å². The molecule has 3 nitrogen and oxygen atoms in total. The second kappa shape index (κ2) is 3.56. The molecule has 0 N–H and O–H groups in total. The first-order valence-electron chi connectivity index (χ1n) is 4.83. The molecule has 0 saturated heterocycles. The first kappa shape index (κ1) is 10.5. The molecule has 1 aliphatic rings. The molecule has 0 aliphatic carbocycles. The Morgan fingerprint density at radius 2 is 1.88 bits per heavy atom. The molecule has 0 radical (unpaired) electrons. The molecule has 0 aromatic heterocycles. The van der Waals surface area contributed by atoms with Gasteiger partial charge in [0.05, 0.1) is 5.69 Å². The maximum Gasteiger partial charge on any atom is 0.261 e. The summed E-state index contributed by atoms with van der Waals surface area (Å²) in [4.78, 5) is 24.3. The number of hydrogen-bond acceptors (Lipinski definition) is 2. The summed E-state index contributed by atoms with van der Waals surface area (Å²) in [7, 11) is 0. The molecule has 0 spiro atoms. The van der Waals surface area contributed by atoms with Gasteiger partial charge in [-0.3, -0.25) is 9.59 Å². The van der Waals surface area contributed by atoms with Crippen LogP contribution < -0.4 is 4.90 Å². The van der Waals surface area contributed by atoms with E-state index in [1.54, 1.807) is 13.8 Å². The molecular weight excluding hydrogens is 209 g/mol. The van der Waals surface area contributed by atoms with Crippen molar-refractivity contribution in [2.24, 2.45) is 0 Å². The SMILES string of the molecule is CC1=CC(=O)N(c2ccc(F)cc2C)C1=O. The number of rotatable bonds is 1. The van der Waals surface area contributed by atoms with Crippen LogP contribution in [0.1, 0.15) is 12.5 Å². The zero-order valence-electron chi connectivity index (χ0n) is 8.95. The fourth-order valence-corrected chi connectivity index (χ4v) is 1.69. The average molecular weight is 219 g/mol. The number of hydrogen-bond donors (Lipinski definition) is 0. The lowest BCUT2D eigenvalue weighted by Crippen LogP contribution is -2.31. The van der Waals surface area contributed by atoms with Crippen LogP contribution in [0.5, 0.6) is 0 Å². The lowest BCUT2D eigenvalue weighted by atomic mass is 10.1. The number of imide groups is 1. The van der Waals surface area contributed by atoms with Crippen LogP contribution in [-0.4, -0.2) is 11.8 Å². The number of amides is 2. The third-order valence-corrected chi connectivity index (χ3v) is 2.50. The summed E-state index contributed by atoms with van der Waals surface area (Å²) in [6, 6.07) is 3.97. The zero-order chi connectivity index (χ0) is 11.9. The van der Waals surface area contributed by atoms with Gasteiger partial charge in [0.25, 0.3) is 11.8 Å². The van der Waals surface area contributed by atoms with Crippen LogP contribution in [0.25, 0.3) is 0 Å². The smallest absolute Gasteiger partial charge is 0.261 e. The molecule has 1 heterocycles. The maximum absolute atomic E-state index is 12.9. The summed E-state index contributed by atoms with van der Waals surface area (Å²) in [5.41, 5.74) is 1.39. The molecule has 82 valence electrons. The predicted molar refractivity (Wildman–Crippen MR) is 57.4 cm³/mol. The Hall–Kier alpha value is -1.97. The summed E-state index contributed by atoms with van der Waals surface area (Å²) in [5, 5.41) is 0. The van der Waals surface area contributed by atoms with Crippen molar-refractivity contribution in [3.05, 3.63) is 41.2 Å². The monoisotopic (exact) mass is 219 g/mol. The highest BCUT2D eigenvalue weighted by molar-refractivity contribution is 6.30. The zero-order valence-corrected chi connectivity index (χ0v) is 8.95. The Bertz CT molecular complexity index is 520. The molecule has 1 aromatic rings. The van der Waals surface area contributed by atoms with Crippen LogP contribution in [0, 0.1) is 12.7 Å². The van der Waals surface area contributed by atoms with Crippen molar-refractivity contribution in [1.29, 1.82) is 0 Å². The topological polar surface area (TPSA) is 37.4 Å². The summed E-state index contributed by atoms with van der Waals surface area (Å²) in [5.74, 6) is -1.11. The molecule has 0 atom stereocenters. The van der Waals surface area contributed by atoms with E-state index in [9.17, 15) is 14.0 Å². The van der Waals surface area contributed by atoms with E-state index in [2.05, 4.69) is 0 Å². The van der Waals surface area contributed by atoms with Crippen LogP contribution in [0.3, 0.4) is 0 Å². The standard InChI is InChI=1S/C12H10FNO2/c1-7-5-9(13)3-4-10(7)14-11(15)6-8(2)12(14)16/h3-6H,1-2H3. The highest BCUT2D eigenvalue weighted by Gasteiger charge is 2.30. The van der Waals surface area contributed by atoms with Gasteiger partial charge in [0.2, 0.25) is 0 Å². The van der Waals surface area contributed by atoms with Crippen molar-refractivity contribution in [3.63, 3.8) is 0 Å². The van der Waals surface area contributed by atoms with E-state index in [4.69, 9.17) is 0 Å². The van der Waals surface area contributed by atoms with Crippen molar-refractivity contribution in [3.8, 4) is 0 Å². The van der Waals surface area contributed by atoms with Gasteiger partial charge in [-0.2, -0.15) is 0 Å². The van der Waals surface area contributed by atoms with Gasteiger partial charge in [0.1, 0.15) is 5.82 Å². The first-order chi connectivity index (χ1) is 7.50.